The molecule has 0 atom stereocenters. The first kappa shape index (κ1) is 16.7. The van der Waals surface area contributed by atoms with Gasteiger partial charge in [0.05, 0.1) is 5.69 Å². The molecule has 130 valence electrons. The summed E-state index contributed by atoms with van der Waals surface area (Å²) in [5, 5.41) is 9.75. The van der Waals surface area contributed by atoms with Gasteiger partial charge in [-0.05, 0) is 47.9 Å². The molecule has 1 aromatic carbocycles. The minimum atomic E-state index is -0.287. The van der Waals surface area contributed by atoms with Crippen LogP contribution in [0.5, 0.6) is 0 Å². The third-order valence-electron chi connectivity index (χ3n) is 3.42. The minimum absolute atomic E-state index is 0.287. The second-order valence-electron chi connectivity index (χ2n) is 5.29. The highest BCUT2D eigenvalue weighted by Gasteiger charge is 2.09. The molecule has 5 nitrogen and oxygen atoms in total. The van der Waals surface area contributed by atoms with Gasteiger partial charge in [0, 0.05) is 16.2 Å². The maximum atomic E-state index is 13.0. The van der Waals surface area contributed by atoms with Crippen molar-refractivity contribution in [1.29, 1.82) is 0 Å². The van der Waals surface area contributed by atoms with E-state index in [1.165, 1.54) is 23.9 Å². The monoisotopic (exact) mass is 384 g/mol. The normalized spacial score (nSPS) is 11.4. The van der Waals surface area contributed by atoms with E-state index >= 15 is 0 Å². The number of H-pyrrole nitrogens is 1. The highest BCUT2D eigenvalue weighted by atomic mass is 32.2. The van der Waals surface area contributed by atoms with Gasteiger partial charge in [-0.25, -0.2) is 14.4 Å². The summed E-state index contributed by atoms with van der Waals surface area (Å²) in [6.07, 6.45) is 5.48. The number of nitrogens with one attached hydrogen (secondary N) is 1. The van der Waals surface area contributed by atoms with Crippen LogP contribution in [0, 0.1) is 5.82 Å². The predicted molar refractivity (Wildman–Crippen MR) is 101 cm³/mol. The molecule has 3 heterocycles. The van der Waals surface area contributed by atoms with Gasteiger partial charge in [-0.3, -0.25) is 5.10 Å². The lowest BCUT2D eigenvalue weighted by Gasteiger charge is -1.94. The third kappa shape index (κ3) is 4.09. The molecule has 0 radical (unpaired) electrons. The van der Waals surface area contributed by atoms with Crippen LogP contribution in [-0.2, 0) is 5.75 Å². The van der Waals surface area contributed by atoms with Crippen molar-refractivity contribution in [2.75, 3.05) is 0 Å². The number of thiophene rings is 1. The van der Waals surface area contributed by atoms with Crippen molar-refractivity contribution in [3.63, 3.8) is 0 Å². The van der Waals surface area contributed by atoms with Gasteiger partial charge in [0.2, 0.25) is 11.0 Å². The van der Waals surface area contributed by atoms with Crippen LogP contribution in [0.15, 0.2) is 57.6 Å². The molecular formula is C18H13FN4OS2. The molecule has 0 fully saturated rings. The Hall–Kier alpha value is -2.71. The SMILES string of the molecule is Fc1ccc(-c2nc(CSc3n[nH]c(C=Cc4cccs4)n3)co2)cc1. The molecule has 0 aliphatic carbocycles. The van der Waals surface area contributed by atoms with E-state index in [-0.39, 0.29) is 5.82 Å². The zero-order valence-electron chi connectivity index (χ0n) is 13.4. The highest BCUT2D eigenvalue weighted by Crippen LogP contribution is 2.23. The molecule has 0 amide bonds. The zero-order chi connectivity index (χ0) is 17.8. The van der Waals surface area contributed by atoms with E-state index in [1.54, 1.807) is 29.7 Å². The molecule has 26 heavy (non-hydrogen) atoms. The number of hydrogen-bond donors (Lipinski definition) is 1. The number of thioether (sulfide) groups is 1. The van der Waals surface area contributed by atoms with Gasteiger partial charge < -0.3 is 4.42 Å². The first-order valence-corrected chi connectivity index (χ1v) is 9.60. The number of rotatable bonds is 6. The van der Waals surface area contributed by atoms with E-state index in [1.807, 2.05) is 29.7 Å². The molecule has 0 saturated heterocycles. The van der Waals surface area contributed by atoms with Gasteiger partial charge in [0.1, 0.15) is 17.9 Å². The molecule has 3 aromatic heterocycles. The van der Waals surface area contributed by atoms with Crippen molar-refractivity contribution in [1.82, 2.24) is 20.2 Å². The number of oxazole rings is 1. The lowest BCUT2D eigenvalue weighted by Crippen LogP contribution is -1.84. The molecule has 0 aliphatic rings. The van der Waals surface area contributed by atoms with Gasteiger partial charge in [-0.15, -0.1) is 16.4 Å². The summed E-state index contributed by atoms with van der Waals surface area (Å²) < 4.78 is 18.4. The van der Waals surface area contributed by atoms with Crippen LogP contribution in [0.3, 0.4) is 0 Å². The third-order valence-corrected chi connectivity index (χ3v) is 5.14. The molecule has 4 rings (SSSR count). The fraction of sp³-hybridized carbons (Fsp3) is 0.0556. The minimum Gasteiger partial charge on any atom is -0.444 e. The quantitative estimate of drug-likeness (QED) is 0.467. The summed E-state index contributed by atoms with van der Waals surface area (Å²) in [6.45, 7) is 0. The van der Waals surface area contributed by atoms with Gasteiger partial charge in [-0.1, -0.05) is 17.8 Å². The van der Waals surface area contributed by atoms with E-state index in [9.17, 15) is 4.39 Å². The van der Waals surface area contributed by atoms with Crippen LogP contribution in [0.1, 0.15) is 16.4 Å². The second-order valence-corrected chi connectivity index (χ2v) is 7.21. The molecule has 1 N–H and O–H groups in total. The summed E-state index contributed by atoms with van der Waals surface area (Å²) in [4.78, 5) is 9.99. The Morgan fingerprint density at radius 2 is 2.04 bits per heavy atom. The molecular weight excluding hydrogens is 371 g/mol. The van der Waals surface area contributed by atoms with Crippen molar-refractivity contribution in [2.45, 2.75) is 10.9 Å². The molecule has 0 aliphatic heterocycles. The maximum Gasteiger partial charge on any atom is 0.226 e. The maximum absolute atomic E-state index is 13.0. The number of aromatic amines is 1. The summed E-state index contributed by atoms with van der Waals surface area (Å²) in [5.74, 6) is 1.46. The second kappa shape index (κ2) is 7.67. The van der Waals surface area contributed by atoms with E-state index in [0.717, 1.165) is 16.1 Å². The fourth-order valence-electron chi connectivity index (χ4n) is 2.18. The molecule has 0 spiro atoms. The summed E-state index contributed by atoms with van der Waals surface area (Å²) in [6, 6.07) is 10.1. The lowest BCUT2D eigenvalue weighted by atomic mass is 10.2. The standard InChI is InChI=1S/C18H13FN4OS2/c19-13-5-3-12(4-6-13)17-20-14(10-24-17)11-26-18-21-16(22-23-18)8-7-15-2-1-9-25-15/h1-10H,11H2,(H,21,22,23). The first-order valence-electron chi connectivity index (χ1n) is 7.73. The van der Waals surface area contributed by atoms with Crippen molar-refractivity contribution < 1.29 is 8.81 Å². The van der Waals surface area contributed by atoms with Crippen LogP contribution < -0.4 is 0 Å². The summed E-state index contributed by atoms with van der Waals surface area (Å²) in [5.41, 5.74) is 1.51. The molecule has 0 saturated carbocycles. The van der Waals surface area contributed by atoms with Crippen LogP contribution in [0.25, 0.3) is 23.6 Å². The average Bonchev–Trinajstić information content (AvgIpc) is 3.40. The first-order chi connectivity index (χ1) is 12.8. The van der Waals surface area contributed by atoms with E-state index in [4.69, 9.17) is 4.42 Å². The average molecular weight is 384 g/mol. The highest BCUT2D eigenvalue weighted by molar-refractivity contribution is 7.98. The van der Waals surface area contributed by atoms with Crippen LogP contribution in [0.2, 0.25) is 0 Å². The van der Waals surface area contributed by atoms with Crippen molar-refractivity contribution in [2.24, 2.45) is 0 Å². The van der Waals surface area contributed by atoms with Gasteiger partial charge >= 0.3 is 0 Å². The van der Waals surface area contributed by atoms with Crippen molar-refractivity contribution in [3.8, 4) is 11.5 Å². The molecule has 0 unspecified atom stereocenters. The van der Waals surface area contributed by atoms with Gasteiger partial charge in [0.15, 0.2) is 0 Å². The number of nitrogens with zero attached hydrogens (tertiary/aromatic N) is 3. The van der Waals surface area contributed by atoms with Crippen molar-refractivity contribution >= 4 is 35.3 Å². The smallest absolute Gasteiger partial charge is 0.226 e. The molecule has 0 bridgehead atoms. The topological polar surface area (TPSA) is 67.6 Å². The Balaban J connectivity index is 1.37. The predicted octanol–water partition coefficient (Wildman–Crippen LogP) is 5.12. The van der Waals surface area contributed by atoms with Crippen molar-refractivity contribution in [3.05, 3.63) is 70.3 Å². The lowest BCUT2D eigenvalue weighted by molar-refractivity contribution is 0.573. The largest absolute Gasteiger partial charge is 0.444 e. The zero-order valence-corrected chi connectivity index (χ0v) is 15.1. The Morgan fingerprint density at radius 1 is 1.15 bits per heavy atom. The van der Waals surface area contributed by atoms with Crippen LogP contribution in [0.4, 0.5) is 4.39 Å². The number of halogens is 1. The number of benzene rings is 1. The summed E-state index contributed by atoms with van der Waals surface area (Å²) in [7, 11) is 0. The van der Waals surface area contributed by atoms with Gasteiger partial charge in [0.25, 0.3) is 0 Å². The van der Waals surface area contributed by atoms with Crippen LogP contribution in [-0.4, -0.2) is 20.2 Å². The van der Waals surface area contributed by atoms with Crippen LogP contribution >= 0.6 is 23.1 Å². The van der Waals surface area contributed by atoms with E-state index < -0.39 is 0 Å². The number of aromatic nitrogens is 4. The Labute approximate surface area is 157 Å². The Morgan fingerprint density at radius 3 is 2.85 bits per heavy atom. The molecule has 4 aromatic rings. The Bertz CT molecular complexity index is 1010. The van der Waals surface area contributed by atoms with Gasteiger partial charge in [-0.2, -0.15) is 0 Å². The summed E-state index contributed by atoms with van der Waals surface area (Å²) >= 11 is 3.13. The van der Waals surface area contributed by atoms with E-state index in [0.29, 0.717) is 22.6 Å². The molecule has 8 heteroatoms. The van der Waals surface area contributed by atoms with E-state index in [2.05, 4.69) is 20.2 Å². The fourth-order valence-corrected chi connectivity index (χ4v) is 3.48. The Kier molecular flexibility index (Phi) is 4.94. The number of hydrogen-bond acceptors (Lipinski definition) is 6.